The van der Waals surface area contributed by atoms with Gasteiger partial charge in [-0.25, -0.2) is 4.39 Å². The van der Waals surface area contributed by atoms with Gasteiger partial charge < -0.3 is 10.5 Å². The van der Waals surface area contributed by atoms with Crippen molar-refractivity contribution in [3.05, 3.63) is 35.6 Å². The van der Waals surface area contributed by atoms with Crippen molar-refractivity contribution < 1.29 is 9.13 Å². The Balaban J connectivity index is 2.66. The van der Waals surface area contributed by atoms with Crippen LogP contribution >= 0.6 is 0 Å². The fourth-order valence-electron chi connectivity index (χ4n) is 2.08. The second kappa shape index (κ2) is 7.49. The van der Waals surface area contributed by atoms with Crippen LogP contribution in [0.3, 0.4) is 0 Å². The van der Waals surface area contributed by atoms with Gasteiger partial charge in [0.1, 0.15) is 5.82 Å². The number of halogens is 1. The SMILES string of the molecule is CCCC(C)COC(c1cccc(F)c1)C(C)N. The zero-order valence-corrected chi connectivity index (χ0v) is 11.5. The Kier molecular flexibility index (Phi) is 6.30. The first kappa shape index (κ1) is 15.1. The van der Waals surface area contributed by atoms with Crippen LogP contribution in [0, 0.1) is 11.7 Å². The molecule has 0 radical (unpaired) electrons. The zero-order valence-electron chi connectivity index (χ0n) is 11.5. The van der Waals surface area contributed by atoms with Crippen LogP contribution in [-0.4, -0.2) is 12.6 Å². The first-order valence-electron chi connectivity index (χ1n) is 6.67. The molecule has 0 saturated heterocycles. The van der Waals surface area contributed by atoms with Crippen molar-refractivity contribution in [3.8, 4) is 0 Å². The van der Waals surface area contributed by atoms with Crippen LogP contribution in [0.15, 0.2) is 24.3 Å². The quantitative estimate of drug-likeness (QED) is 0.804. The van der Waals surface area contributed by atoms with Crippen LogP contribution in [0.4, 0.5) is 4.39 Å². The molecule has 0 spiro atoms. The van der Waals surface area contributed by atoms with Gasteiger partial charge in [0, 0.05) is 6.04 Å². The third-order valence-electron chi connectivity index (χ3n) is 3.00. The Hall–Kier alpha value is -0.930. The van der Waals surface area contributed by atoms with Crippen molar-refractivity contribution in [2.24, 2.45) is 11.7 Å². The molecule has 0 heterocycles. The third kappa shape index (κ3) is 4.75. The van der Waals surface area contributed by atoms with Gasteiger partial charge >= 0.3 is 0 Å². The first-order valence-corrected chi connectivity index (χ1v) is 6.67. The van der Waals surface area contributed by atoms with E-state index in [1.165, 1.54) is 12.1 Å². The Morgan fingerprint density at radius 3 is 2.61 bits per heavy atom. The summed E-state index contributed by atoms with van der Waals surface area (Å²) in [7, 11) is 0. The highest BCUT2D eigenvalue weighted by Gasteiger charge is 2.18. The van der Waals surface area contributed by atoms with Gasteiger partial charge in [0.05, 0.1) is 12.7 Å². The number of hydrogen-bond acceptors (Lipinski definition) is 2. The molecule has 0 aliphatic heterocycles. The molecule has 0 bridgehead atoms. The molecule has 2 N–H and O–H groups in total. The molecular weight excluding hydrogens is 229 g/mol. The normalized spacial score (nSPS) is 16.3. The van der Waals surface area contributed by atoms with E-state index in [1.54, 1.807) is 6.07 Å². The Morgan fingerprint density at radius 1 is 1.33 bits per heavy atom. The first-order chi connectivity index (χ1) is 8.54. The van der Waals surface area contributed by atoms with Crippen molar-refractivity contribution in [3.63, 3.8) is 0 Å². The summed E-state index contributed by atoms with van der Waals surface area (Å²) >= 11 is 0. The third-order valence-corrected chi connectivity index (χ3v) is 3.00. The smallest absolute Gasteiger partial charge is 0.123 e. The topological polar surface area (TPSA) is 35.2 Å². The summed E-state index contributed by atoms with van der Waals surface area (Å²) in [5.74, 6) is 0.258. The van der Waals surface area contributed by atoms with Gasteiger partial charge in [-0.2, -0.15) is 0 Å². The van der Waals surface area contributed by atoms with E-state index in [2.05, 4.69) is 13.8 Å². The molecule has 18 heavy (non-hydrogen) atoms. The molecule has 2 nitrogen and oxygen atoms in total. The minimum absolute atomic E-state index is 0.152. The predicted octanol–water partition coefficient (Wildman–Crippen LogP) is 3.67. The fraction of sp³-hybridized carbons (Fsp3) is 0.600. The lowest BCUT2D eigenvalue weighted by Gasteiger charge is -2.24. The molecule has 0 amide bonds. The van der Waals surface area contributed by atoms with Crippen LogP contribution < -0.4 is 5.73 Å². The van der Waals surface area contributed by atoms with Crippen molar-refractivity contribution in [2.45, 2.75) is 45.8 Å². The monoisotopic (exact) mass is 253 g/mol. The highest BCUT2D eigenvalue weighted by Crippen LogP contribution is 2.22. The number of rotatable bonds is 7. The van der Waals surface area contributed by atoms with E-state index < -0.39 is 0 Å². The van der Waals surface area contributed by atoms with Gasteiger partial charge in [-0.15, -0.1) is 0 Å². The minimum Gasteiger partial charge on any atom is -0.372 e. The summed E-state index contributed by atoms with van der Waals surface area (Å²) in [6, 6.07) is 6.33. The zero-order chi connectivity index (χ0) is 13.5. The van der Waals surface area contributed by atoms with Crippen LogP contribution in [-0.2, 0) is 4.74 Å². The molecule has 3 unspecified atom stereocenters. The summed E-state index contributed by atoms with van der Waals surface area (Å²) in [5.41, 5.74) is 6.75. The lowest BCUT2D eigenvalue weighted by molar-refractivity contribution is 0.0171. The molecule has 1 aromatic rings. The summed E-state index contributed by atoms with van der Waals surface area (Å²) in [6.45, 7) is 6.87. The molecule has 0 fully saturated rings. The summed E-state index contributed by atoms with van der Waals surface area (Å²) in [5, 5.41) is 0. The fourth-order valence-corrected chi connectivity index (χ4v) is 2.08. The number of hydrogen-bond donors (Lipinski definition) is 1. The standard InChI is InChI=1S/C15H24FNO/c1-4-6-11(2)10-18-15(12(3)17)13-7-5-8-14(16)9-13/h5,7-9,11-12,15H,4,6,10,17H2,1-3H3. The van der Waals surface area contributed by atoms with Crippen LogP contribution in [0.25, 0.3) is 0 Å². The van der Waals surface area contributed by atoms with Gasteiger partial charge in [0.2, 0.25) is 0 Å². The molecular formula is C15H24FNO. The largest absolute Gasteiger partial charge is 0.372 e. The van der Waals surface area contributed by atoms with E-state index in [0.717, 1.165) is 18.4 Å². The summed E-state index contributed by atoms with van der Waals surface area (Å²) in [6.07, 6.45) is 2.04. The molecule has 1 rings (SSSR count). The molecule has 0 saturated carbocycles. The molecule has 3 atom stereocenters. The van der Waals surface area contributed by atoms with Crippen LogP contribution in [0.5, 0.6) is 0 Å². The van der Waals surface area contributed by atoms with Crippen LogP contribution in [0.1, 0.15) is 45.3 Å². The van der Waals surface area contributed by atoms with E-state index in [9.17, 15) is 4.39 Å². The molecule has 3 heteroatoms. The predicted molar refractivity (Wildman–Crippen MR) is 72.8 cm³/mol. The minimum atomic E-state index is -0.247. The lowest BCUT2D eigenvalue weighted by atomic mass is 10.0. The molecule has 0 aliphatic rings. The Bertz CT molecular complexity index is 354. The maximum atomic E-state index is 13.2. The average Bonchev–Trinajstić information content (AvgIpc) is 2.29. The second-order valence-electron chi connectivity index (χ2n) is 5.06. The summed E-state index contributed by atoms with van der Waals surface area (Å²) < 4.78 is 19.1. The van der Waals surface area contributed by atoms with Crippen molar-refractivity contribution in [1.29, 1.82) is 0 Å². The van der Waals surface area contributed by atoms with E-state index in [1.807, 2.05) is 13.0 Å². The second-order valence-corrected chi connectivity index (χ2v) is 5.06. The van der Waals surface area contributed by atoms with Gasteiger partial charge in [-0.3, -0.25) is 0 Å². The highest BCUT2D eigenvalue weighted by atomic mass is 19.1. The Morgan fingerprint density at radius 2 is 2.06 bits per heavy atom. The number of ether oxygens (including phenoxy) is 1. The van der Waals surface area contributed by atoms with Crippen molar-refractivity contribution >= 4 is 0 Å². The average molecular weight is 253 g/mol. The maximum absolute atomic E-state index is 13.2. The van der Waals surface area contributed by atoms with Crippen molar-refractivity contribution in [1.82, 2.24) is 0 Å². The van der Waals surface area contributed by atoms with Gasteiger partial charge in [-0.05, 0) is 37.0 Å². The van der Waals surface area contributed by atoms with E-state index in [0.29, 0.717) is 12.5 Å². The molecule has 1 aromatic carbocycles. The summed E-state index contributed by atoms with van der Waals surface area (Å²) in [4.78, 5) is 0. The van der Waals surface area contributed by atoms with Crippen LogP contribution in [0.2, 0.25) is 0 Å². The van der Waals surface area contributed by atoms with Gasteiger partial charge in [0.25, 0.3) is 0 Å². The Labute approximate surface area is 109 Å². The van der Waals surface area contributed by atoms with E-state index in [-0.39, 0.29) is 18.0 Å². The number of nitrogens with two attached hydrogens (primary N) is 1. The van der Waals surface area contributed by atoms with Gasteiger partial charge in [0.15, 0.2) is 0 Å². The maximum Gasteiger partial charge on any atom is 0.123 e. The molecule has 0 aromatic heterocycles. The van der Waals surface area contributed by atoms with Gasteiger partial charge in [-0.1, -0.05) is 32.4 Å². The molecule has 0 aliphatic carbocycles. The number of benzene rings is 1. The van der Waals surface area contributed by atoms with E-state index in [4.69, 9.17) is 10.5 Å². The lowest BCUT2D eigenvalue weighted by Crippen LogP contribution is -2.28. The highest BCUT2D eigenvalue weighted by molar-refractivity contribution is 5.20. The molecule has 102 valence electrons. The van der Waals surface area contributed by atoms with Crippen molar-refractivity contribution in [2.75, 3.05) is 6.61 Å². The van der Waals surface area contributed by atoms with E-state index >= 15 is 0 Å².